The first-order valence-corrected chi connectivity index (χ1v) is 7.10. The summed E-state index contributed by atoms with van der Waals surface area (Å²) in [6.45, 7) is 2.85. The maximum Gasteiger partial charge on any atom is 0.231 e. The van der Waals surface area contributed by atoms with Crippen LogP contribution >= 0.6 is 0 Å². The zero-order valence-corrected chi connectivity index (χ0v) is 12.0. The second-order valence-electron chi connectivity index (χ2n) is 5.17. The van der Waals surface area contributed by atoms with Crippen LogP contribution in [0, 0.1) is 0 Å². The lowest BCUT2D eigenvalue weighted by molar-refractivity contribution is 0.170. The second kappa shape index (κ2) is 6.16. The summed E-state index contributed by atoms with van der Waals surface area (Å²) < 4.78 is 10.7. The molecule has 0 fully saturated rings. The molecule has 2 aromatic rings. The van der Waals surface area contributed by atoms with Gasteiger partial charge in [0.1, 0.15) is 0 Å². The molecule has 0 saturated heterocycles. The predicted molar refractivity (Wildman–Crippen MR) is 80.4 cm³/mol. The molecular formula is C17H19NO3. The van der Waals surface area contributed by atoms with Gasteiger partial charge in [0.05, 0.1) is 6.10 Å². The Labute approximate surface area is 124 Å². The van der Waals surface area contributed by atoms with Crippen LogP contribution in [0.3, 0.4) is 0 Å². The Kier molecular flexibility index (Phi) is 4.08. The number of hydrogen-bond acceptors (Lipinski definition) is 4. The van der Waals surface area contributed by atoms with Gasteiger partial charge in [0.25, 0.3) is 0 Å². The lowest BCUT2D eigenvalue weighted by Crippen LogP contribution is -2.24. The molecule has 1 aliphatic heterocycles. The molecule has 2 N–H and O–H groups in total. The molecule has 0 saturated carbocycles. The van der Waals surface area contributed by atoms with Crippen molar-refractivity contribution in [2.75, 3.05) is 13.3 Å². The summed E-state index contributed by atoms with van der Waals surface area (Å²) in [7, 11) is 0. The fraction of sp³-hybridized carbons (Fsp3) is 0.294. The number of fused-ring (bicyclic) bond motifs is 1. The number of aliphatic hydroxyl groups is 1. The Balaban J connectivity index is 1.60. The van der Waals surface area contributed by atoms with Crippen LogP contribution in [0.1, 0.15) is 30.2 Å². The van der Waals surface area contributed by atoms with Crippen molar-refractivity contribution in [3.63, 3.8) is 0 Å². The van der Waals surface area contributed by atoms with Gasteiger partial charge in [0.2, 0.25) is 6.79 Å². The van der Waals surface area contributed by atoms with Crippen molar-refractivity contribution in [3.8, 4) is 11.5 Å². The third-order valence-corrected chi connectivity index (χ3v) is 3.70. The van der Waals surface area contributed by atoms with Gasteiger partial charge < -0.3 is 19.9 Å². The lowest BCUT2D eigenvalue weighted by Gasteiger charge is -2.18. The molecule has 0 aliphatic carbocycles. The van der Waals surface area contributed by atoms with Crippen LogP contribution < -0.4 is 14.8 Å². The zero-order chi connectivity index (χ0) is 14.7. The number of aliphatic hydroxyl groups excluding tert-OH is 1. The summed E-state index contributed by atoms with van der Waals surface area (Å²) in [5, 5.41) is 13.5. The van der Waals surface area contributed by atoms with Crippen molar-refractivity contribution in [3.05, 3.63) is 59.7 Å². The standard InChI is InChI=1S/C17H19NO3/c1-12(14-7-8-16-17(9-14)21-11-20-16)18-10-15(19)13-5-3-2-4-6-13/h2-9,12,15,18-19H,10-11H2,1H3. The lowest BCUT2D eigenvalue weighted by atomic mass is 10.1. The van der Waals surface area contributed by atoms with Crippen molar-refractivity contribution in [2.45, 2.75) is 19.1 Å². The van der Waals surface area contributed by atoms with Gasteiger partial charge in [-0.25, -0.2) is 0 Å². The SMILES string of the molecule is CC(NCC(O)c1ccccc1)c1ccc2c(c1)OCO2. The minimum atomic E-state index is -0.511. The quantitative estimate of drug-likeness (QED) is 0.887. The molecule has 0 amide bonds. The van der Waals surface area contributed by atoms with Gasteiger partial charge in [-0.15, -0.1) is 0 Å². The van der Waals surface area contributed by atoms with Gasteiger partial charge in [0.15, 0.2) is 11.5 Å². The number of benzene rings is 2. The third kappa shape index (κ3) is 3.17. The maximum atomic E-state index is 10.2. The fourth-order valence-electron chi connectivity index (χ4n) is 2.38. The minimum absolute atomic E-state index is 0.123. The van der Waals surface area contributed by atoms with Gasteiger partial charge in [0, 0.05) is 12.6 Å². The Morgan fingerprint density at radius 1 is 1.05 bits per heavy atom. The second-order valence-corrected chi connectivity index (χ2v) is 5.17. The van der Waals surface area contributed by atoms with E-state index < -0.39 is 6.10 Å². The monoisotopic (exact) mass is 285 g/mol. The van der Waals surface area contributed by atoms with E-state index in [0.717, 1.165) is 22.6 Å². The highest BCUT2D eigenvalue weighted by molar-refractivity contribution is 5.45. The highest BCUT2D eigenvalue weighted by atomic mass is 16.7. The highest BCUT2D eigenvalue weighted by Gasteiger charge is 2.16. The topological polar surface area (TPSA) is 50.7 Å². The number of hydrogen-bond donors (Lipinski definition) is 2. The summed E-state index contributed by atoms with van der Waals surface area (Å²) in [5.74, 6) is 1.57. The Bertz CT molecular complexity index is 600. The van der Waals surface area contributed by atoms with E-state index in [1.54, 1.807) is 0 Å². The number of ether oxygens (including phenoxy) is 2. The largest absolute Gasteiger partial charge is 0.454 e. The van der Waals surface area contributed by atoms with Crippen molar-refractivity contribution in [1.82, 2.24) is 5.32 Å². The molecule has 0 radical (unpaired) electrons. The molecule has 110 valence electrons. The average Bonchev–Trinajstić information content (AvgIpc) is 3.00. The Hall–Kier alpha value is -2.04. The first-order valence-electron chi connectivity index (χ1n) is 7.10. The van der Waals surface area contributed by atoms with Crippen molar-refractivity contribution in [2.24, 2.45) is 0 Å². The summed E-state index contributed by atoms with van der Waals surface area (Å²) in [6, 6.07) is 15.7. The fourth-order valence-corrected chi connectivity index (χ4v) is 2.38. The molecule has 1 aliphatic rings. The van der Waals surface area contributed by atoms with E-state index >= 15 is 0 Å². The Morgan fingerprint density at radius 3 is 2.62 bits per heavy atom. The molecule has 0 spiro atoms. The van der Waals surface area contributed by atoms with E-state index in [0.29, 0.717) is 6.54 Å². The third-order valence-electron chi connectivity index (χ3n) is 3.70. The first-order chi connectivity index (χ1) is 10.2. The van der Waals surface area contributed by atoms with Crippen LogP contribution in [-0.4, -0.2) is 18.4 Å². The van der Waals surface area contributed by atoms with Crippen LogP contribution in [0.5, 0.6) is 11.5 Å². The van der Waals surface area contributed by atoms with E-state index in [-0.39, 0.29) is 12.8 Å². The predicted octanol–water partition coefficient (Wildman–Crippen LogP) is 2.80. The number of rotatable bonds is 5. The average molecular weight is 285 g/mol. The summed E-state index contributed by atoms with van der Waals surface area (Å²) in [6.07, 6.45) is -0.511. The molecule has 4 nitrogen and oxygen atoms in total. The maximum absolute atomic E-state index is 10.2. The zero-order valence-electron chi connectivity index (χ0n) is 12.0. The van der Waals surface area contributed by atoms with Gasteiger partial charge in [-0.2, -0.15) is 0 Å². The molecule has 2 aromatic carbocycles. The van der Waals surface area contributed by atoms with Gasteiger partial charge in [-0.3, -0.25) is 0 Å². The van der Waals surface area contributed by atoms with Gasteiger partial charge >= 0.3 is 0 Å². The molecular weight excluding hydrogens is 266 g/mol. The summed E-state index contributed by atoms with van der Waals surface area (Å²) in [5.41, 5.74) is 2.03. The molecule has 0 aromatic heterocycles. The van der Waals surface area contributed by atoms with E-state index in [4.69, 9.17) is 9.47 Å². The van der Waals surface area contributed by atoms with Crippen LogP contribution in [-0.2, 0) is 0 Å². The van der Waals surface area contributed by atoms with Crippen LogP contribution in [0.25, 0.3) is 0 Å². The smallest absolute Gasteiger partial charge is 0.231 e. The minimum Gasteiger partial charge on any atom is -0.454 e. The van der Waals surface area contributed by atoms with Gasteiger partial charge in [-0.1, -0.05) is 36.4 Å². The molecule has 1 heterocycles. The van der Waals surface area contributed by atoms with Crippen molar-refractivity contribution >= 4 is 0 Å². The normalized spacial score (nSPS) is 15.7. The summed E-state index contributed by atoms with van der Waals surface area (Å²) >= 11 is 0. The van der Waals surface area contributed by atoms with E-state index in [9.17, 15) is 5.11 Å². The van der Waals surface area contributed by atoms with Crippen LogP contribution in [0.4, 0.5) is 0 Å². The van der Waals surface area contributed by atoms with E-state index in [2.05, 4.69) is 12.2 Å². The van der Waals surface area contributed by atoms with Crippen molar-refractivity contribution < 1.29 is 14.6 Å². The van der Waals surface area contributed by atoms with E-state index in [1.165, 1.54) is 0 Å². The molecule has 0 bridgehead atoms. The molecule has 4 heteroatoms. The molecule has 3 rings (SSSR count). The first kappa shape index (κ1) is 13.9. The van der Waals surface area contributed by atoms with E-state index in [1.807, 2.05) is 48.5 Å². The Morgan fingerprint density at radius 2 is 1.81 bits per heavy atom. The molecule has 2 unspecified atom stereocenters. The molecule has 21 heavy (non-hydrogen) atoms. The van der Waals surface area contributed by atoms with Gasteiger partial charge in [-0.05, 0) is 30.2 Å². The summed E-state index contributed by atoms with van der Waals surface area (Å²) in [4.78, 5) is 0. The number of nitrogens with one attached hydrogen (secondary N) is 1. The van der Waals surface area contributed by atoms with Crippen LogP contribution in [0.2, 0.25) is 0 Å². The molecule has 2 atom stereocenters. The van der Waals surface area contributed by atoms with Crippen LogP contribution in [0.15, 0.2) is 48.5 Å². The van der Waals surface area contributed by atoms with Crippen molar-refractivity contribution in [1.29, 1.82) is 0 Å². The highest BCUT2D eigenvalue weighted by Crippen LogP contribution is 2.34.